The number of carboxylic acid groups (broad SMARTS) is 1. The monoisotopic (exact) mass is 992 g/mol. The van der Waals surface area contributed by atoms with E-state index in [2.05, 4.69) is 26.3 Å². The van der Waals surface area contributed by atoms with Crippen LogP contribution in [0.3, 0.4) is 0 Å². The molecule has 17 nitrogen and oxygen atoms in total. The number of halogens is 1. The van der Waals surface area contributed by atoms with E-state index in [-0.39, 0.29) is 17.1 Å². The van der Waals surface area contributed by atoms with Gasteiger partial charge in [-0.3, -0.25) is 14.4 Å². The number of aldehydes is 2. The van der Waals surface area contributed by atoms with Gasteiger partial charge in [-0.15, -0.1) is 0 Å². The van der Waals surface area contributed by atoms with E-state index in [1.54, 1.807) is 60.7 Å². The minimum atomic E-state index is -1.02. The van der Waals surface area contributed by atoms with E-state index in [1.807, 2.05) is 12.1 Å². The van der Waals surface area contributed by atoms with Crippen molar-refractivity contribution in [1.82, 2.24) is 0 Å². The van der Waals surface area contributed by atoms with Crippen molar-refractivity contribution in [2.75, 3.05) is 0 Å². The lowest BCUT2D eigenvalue weighted by molar-refractivity contribution is -0.129. The van der Waals surface area contributed by atoms with Gasteiger partial charge >= 0.3 is 29.8 Å². The summed E-state index contributed by atoms with van der Waals surface area (Å²) in [5.41, 5.74) is 2.61. The number of aromatic carboxylic acids is 1. The van der Waals surface area contributed by atoms with E-state index >= 15 is 0 Å². The molecule has 0 aliphatic carbocycles. The maximum absolute atomic E-state index is 11.9. The van der Waals surface area contributed by atoms with Crippen LogP contribution in [-0.2, 0) is 19.2 Å². The Morgan fingerprint density at radius 2 is 0.722 bits per heavy atom. The number of hydrogen-bond donors (Lipinski definition) is 3. The van der Waals surface area contributed by atoms with Gasteiger partial charge in [0.1, 0.15) is 47.1 Å². The Labute approximate surface area is 417 Å². The lowest BCUT2D eigenvalue weighted by Gasteiger charge is -2.05. The van der Waals surface area contributed by atoms with Crippen LogP contribution in [0.2, 0.25) is 0 Å². The first-order valence-electron chi connectivity index (χ1n) is 19.9. The highest BCUT2D eigenvalue weighted by atomic mass is 35.5. The van der Waals surface area contributed by atoms with E-state index in [1.165, 1.54) is 84.9 Å². The van der Waals surface area contributed by atoms with Gasteiger partial charge in [-0.2, -0.15) is 10.5 Å². The predicted octanol–water partition coefficient (Wildman–Crippen LogP) is 9.34. The molecule has 0 heterocycles. The number of rotatable bonds is 12. The van der Waals surface area contributed by atoms with Crippen molar-refractivity contribution in [2.24, 2.45) is 0 Å². The van der Waals surface area contributed by atoms with Crippen molar-refractivity contribution in [1.29, 1.82) is 10.5 Å². The molecule has 0 atom stereocenters. The van der Waals surface area contributed by atoms with Crippen LogP contribution in [-0.4, -0.2) is 63.0 Å². The topological polar surface area (TPSA) is 282 Å². The fraction of sp³-hybridized carbons (Fsp3) is 0. The van der Waals surface area contributed by atoms with Gasteiger partial charge in [0, 0.05) is 29.4 Å². The fourth-order valence-corrected chi connectivity index (χ4v) is 4.26. The van der Waals surface area contributed by atoms with Gasteiger partial charge in [0.05, 0.1) is 34.4 Å². The summed E-state index contributed by atoms with van der Waals surface area (Å²) in [4.78, 5) is 84.7. The summed E-state index contributed by atoms with van der Waals surface area (Å²) in [6.07, 6.45) is 5.66. The number of esters is 4. The maximum atomic E-state index is 11.9. The van der Waals surface area contributed by atoms with Gasteiger partial charge in [-0.1, -0.05) is 26.3 Å². The Morgan fingerprint density at radius 3 is 1.03 bits per heavy atom. The number of nitriles is 2. The van der Waals surface area contributed by atoms with Crippen molar-refractivity contribution in [2.45, 2.75) is 0 Å². The Morgan fingerprint density at radius 1 is 0.444 bits per heavy atom. The number of ether oxygens (including phenoxy) is 4. The number of phenolic OH excluding ortho intramolecular Hbond substituents is 2. The van der Waals surface area contributed by atoms with Crippen molar-refractivity contribution >= 4 is 59.3 Å². The molecule has 0 radical (unpaired) electrons. The molecule has 18 heteroatoms. The number of nitrogens with zero attached hydrogens (tertiary/aromatic N) is 2. The summed E-state index contributed by atoms with van der Waals surface area (Å²) in [6, 6.07) is 40.0. The number of aromatic hydroxyl groups is 2. The smallest absolute Gasteiger partial charge is 0.343 e. The summed E-state index contributed by atoms with van der Waals surface area (Å²) in [5.74, 6) is -1.53. The van der Waals surface area contributed by atoms with Crippen molar-refractivity contribution < 1.29 is 72.6 Å². The summed E-state index contributed by atoms with van der Waals surface area (Å²) in [5, 5.41) is 42.5. The summed E-state index contributed by atoms with van der Waals surface area (Å²) >= 11 is 4.71. The molecular formula is C54H41ClN2O15. The van der Waals surface area contributed by atoms with E-state index in [0.29, 0.717) is 50.8 Å². The molecule has 0 aliphatic rings. The number of carbonyl (C=O) groups excluding carboxylic acids is 7. The Balaban J connectivity index is 0.000000456. The third-order valence-electron chi connectivity index (χ3n) is 7.74. The first kappa shape index (κ1) is 59.5. The number of carboxylic acids is 1. The summed E-state index contributed by atoms with van der Waals surface area (Å²) in [7, 11) is 0. The lowest BCUT2D eigenvalue weighted by atomic mass is 10.2. The molecule has 0 aliphatic heterocycles. The van der Waals surface area contributed by atoms with Crippen LogP contribution in [0.5, 0.6) is 34.5 Å². The molecule has 0 spiro atoms. The second-order valence-corrected chi connectivity index (χ2v) is 13.2. The number of phenols is 2. The van der Waals surface area contributed by atoms with Gasteiger partial charge in [0.25, 0.3) is 0 Å². The van der Waals surface area contributed by atoms with Gasteiger partial charge in [-0.05, 0) is 163 Å². The minimum absolute atomic E-state index is 0.142. The zero-order chi connectivity index (χ0) is 53.8. The number of carbonyl (C=O) groups is 8. The fourth-order valence-electron chi connectivity index (χ4n) is 4.26. The lowest BCUT2D eigenvalue weighted by Crippen LogP contribution is -2.09. The highest BCUT2D eigenvalue weighted by Crippen LogP contribution is 2.18. The largest absolute Gasteiger partial charge is 0.508 e. The average Bonchev–Trinajstić information content (AvgIpc) is 3.40. The molecule has 6 rings (SSSR count). The van der Waals surface area contributed by atoms with E-state index in [9.17, 15) is 38.4 Å². The van der Waals surface area contributed by atoms with Gasteiger partial charge < -0.3 is 34.3 Å². The first-order chi connectivity index (χ1) is 34.4. The predicted molar refractivity (Wildman–Crippen MR) is 263 cm³/mol. The molecule has 0 saturated carbocycles. The molecule has 72 heavy (non-hydrogen) atoms. The van der Waals surface area contributed by atoms with Crippen molar-refractivity contribution in [3.8, 4) is 46.6 Å². The Bertz CT molecular complexity index is 2880. The van der Waals surface area contributed by atoms with Crippen LogP contribution in [0.4, 0.5) is 0 Å². The minimum Gasteiger partial charge on any atom is -0.508 e. The van der Waals surface area contributed by atoms with Gasteiger partial charge in [0.2, 0.25) is 5.24 Å². The summed E-state index contributed by atoms with van der Waals surface area (Å²) < 4.78 is 19.6. The molecule has 6 aromatic carbocycles. The second-order valence-electron chi connectivity index (χ2n) is 12.8. The maximum Gasteiger partial charge on any atom is 0.343 e. The highest BCUT2D eigenvalue weighted by molar-refractivity contribution is 6.66. The standard InChI is InChI=1S/C17H11NO4.C10H8O4.C10H8O3.C7H5NO.C7H6O2.C3H3ClO/c1-2-16(19)21-14-9-5-13(6-10-14)17(20)22-15-7-3-12(11-18)4-8-15;1-2-9(11)14-8-5-3-7(4-6-8)10(12)13;1-2-10(12)13-9-5-3-8(7-11)4-6-9;2*8-5-6-1-3-7(9)4-2-6;1-2-3(4)5/h2-10H,1H2;2-6H,1H2,(H,12,13);2-7H,1H2;1-4,9H;1-5,9H;2H,1H2. The Hall–Kier alpha value is -10.5. The molecular weight excluding hydrogens is 952 g/mol. The highest BCUT2D eigenvalue weighted by Gasteiger charge is 2.10. The van der Waals surface area contributed by atoms with Crippen LogP contribution in [0.1, 0.15) is 52.6 Å². The SMILES string of the molecule is C=CC(=O)Cl.C=CC(=O)Oc1ccc(C(=O)O)cc1.C=CC(=O)Oc1ccc(C(=O)Oc2ccc(C#N)cc2)cc1.C=CC(=O)Oc1ccc(C=O)cc1.N#Cc1ccc(O)cc1.O=Cc1ccc(O)cc1. The molecule has 0 unspecified atom stereocenters. The van der Waals surface area contributed by atoms with Crippen LogP contribution in [0, 0.1) is 22.7 Å². The third kappa shape index (κ3) is 25.4. The molecule has 3 N–H and O–H groups in total. The number of benzene rings is 6. The molecule has 6 aromatic rings. The molecule has 0 bridgehead atoms. The van der Waals surface area contributed by atoms with Crippen LogP contribution in [0.25, 0.3) is 0 Å². The quantitative estimate of drug-likeness (QED) is 0.0338. The van der Waals surface area contributed by atoms with Crippen molar-refractivity contribution in [3.05, 3.63) is 230 Å². The number of allylic oxidation sites excluding steroid dienone is 1. The van der Waals surface area contributed by atoms with Crippen molar-refractivity contribution in [3.63, 3.8) is 0 Å². The molecule has 0 aromatic heterocycles. The zero-order valence-electron chi connectivity index (χ0n) is 37.7. The van der Waals surface area contributed by atoms with Crippen LogP contribution in [0.15, 0.2) is 196 Å². The van der Waals surface area contributed by atoms with E-state index in [0.717, 1.165) is 36.9 Å². The van der Waals surface area contributed by atoms with Crippen LogP contribution >= 0.6 is 11.6 Å². The molecule has 0 fully saturated rings. The third-order valence-corrected chi connectivity index (χ3v) is 7.90. The van der Waals surface area contributed by atoms with E-state index < -0.39 is 35.1 Å². The molecule has 0 saturated heterocycles. The normalized spacial score (nSPS) is 8.88. The molecule has 0 amide bonds. The first-order valence-corrected chi connectivity index (χ1v) is 20.3. The van der Waals surface area contributed by atoms with Gasteiger partial charge in [-0.25, -0.2) is 24.0 Å². The van der Waals surface area contributed by atoms with Gasteiger partial charge in [0.15, 0.2) is 0 Å². The van der Waals surface area contributed by atoms with E-state index in [4.69, 9.17) is 56.4 Å². The Kier molecular flexibility index (Phi) is 28.0. The second kappa shape index (κ2) is 33.9. The summed E-state index contributed by atoms with van der Waals surface area (Å²) in [6.45, 7) is 12.9. The van der Waals surface area contributed by atoms with Crippen LogP contribution < -0.4 is 18.9 Å². The number of hydrogen-bond acceptors (Lipinski definition) is 16. The average molecular weight is 993 g/mol. The zero-order valence-corrected chi connectivity index (χ0v) is 38.4. The molecule has 364 valence electrons.